The van der Waals surface area contributed by atoms with Gasteiger partial charge in [0.05, 0.1) is 11.2 Å². The van der Waals surface area contributed by atoms with Gasteiger partial charge in [0.15, 0.2) is 0 Å². The lowest BCUT2D eigenvalue weighted by molar-refractivity contribution is 0.740. The molecule has 2 heterocycles. The van der Waals surface area contributed by atoms with Crippen molar-refractivity contribution in [3.8, 4) is 0 Å². The standard InChI is InChI=1S/C5H8N2.C5H7NS/c1-5-3-4-6-7(5)2;1-4-5(2)7-3-6-4/h3-4H,1-2H3;3H,1-2H3. The summed E-state index contributed by atoms with van der Waals surface area (Å²) < 4.78 is 1.83. The summed E-state index contributed by atoms with van der Waals surface area (Å²) in [6, 6.07) is 1.97. The van der Waals surface area contributed by atoms with Crippen LogP contribution in [0.4, 0.5) is 0 Å². The molecule has 2 rings (SSSR count). The molecule has 76 valence electrons. The number of nitrogens with zero attached hydrogens (tertiary/aromatic N) is 3. The van der Waals surface area contributed by atoms with E-state index in [4.69, 9.17) is 0 Å². The van der Waals surface area contributed by atoms with Crippen LogP contribution in [0, 0.1) is 20.8 Å². The Morgan fingerprint density at radius 3 is 2.14 bits per heavy atom. The average Bonchev–Trinajstić information content (AvgIpc) is 2.67. The highest BCUT2D eigenvalue weighted by Crippen LogP contribution is 2.07. The monoisotopic (exact) mass is 209 g/mol. The molecule has 2 aromatic rings. The van der Waals surface area contributed by atoms with Gasteiger partial charge in [0.2, 0.25) is 0 Å². The zero-order valence-corrected chi connectivity index (χ0v) is 9.80. The summed E-state index contributed by atoms with van der Waals surface area (Å²) in [5, 5.41) is 3.93. The van der Waals surface area contributed by atoms with Gasteiger partial charge in [-0.3, -0.25) is 4.68 Å². The third-order valence-corrected chi connectivity index (χ3v) is 2.91. The Bertz CT molecular complexity index is 318. The SMILES string of the molecule is Cc1ccnn1C.Cc1ncsc1C. The molecule has 0 aromatic carbocycles. The number of thiazole rings is 1. The van der Waals surface area contributed by atoms with Crippen LogP contribution in [0.1, 0.15) is 16.3 Å². The van der Waals surface area contributed by atoms with Crippen molar-refractivity contribution in [3.63, 3.8) is 0 Å². The molecule has 0 spiro atoms. The fraction of sp³-hybridized carbons (Fsp3) is 0.400. The van der Waals surface area contributed by atoms with Crippen LogP contribution in [0.2, 0.25) is 0 Å². The zero-order valence-electron chi connectivity index (χ0n) is 8.98. The Balaban J connectivity index is 0.000000140. The van der Waals surface area contributed by atoms with Crippen molar-refractivity contribution < 1.29 is 0 Å². The molecule has 0 N–H and O–H groups in total. The predicted octanol–water partition coefficient (Wildman–Crippen LogP) is 2.49. The van der Waals surface area contributed by atoms with E-state index in [-0.39, 0.29) is 0 Å². The highest BCUT2D eigenvalue weighted by Gasteiger charge is 1.89. The second-order valence-electron chi connectivity index (χ2n) is 3.09. The van der Waals surface area contributed by atoms with E-state index in [0.29, 0.717) is 0 Å². The Kier molecular flexibility index (Phi) is 3.83. The van der Waals surface area contributed by atoms with Crippen LogP contribution < -0.4 is 0 Å². The Morgan fingerprint density at radius 2 is 2.00 bits per heavy atom. The van der Waals surface area contributed by atoms with Gasteiger partial charge >= 0.3 is 0 Å². The zero-order chi connectivity index (χ0) is 10.6. The molecule has 0 saturated heterocycles. The molecule has 0 radical (unpaired) electrons. The third-order valence-electron chi connectivity index (χ3n) is 2.05. The second kappa shape index (κ2) is 4.91. The van der Waals surface area contributed by atoms with Gasteiger partial charge in [-0.1, -0.05) is 0 Å². The summed E-state index contributed by atoms with van der Waals surface area (Å²) in [6.07, 6.45) is 1.79. The first-order valence-electron chi connectivity index (χ1n) is 4.42. The van der Waals surface area contributed by atoms with Gasteiger partial charge in [0, 0.05) is 23.8 Å². The number of aromatic nitrogens is 3. The lowest BCUT2D eigenvalue weighted by Gasteiger charge is -1.87. The van der Waals surface area contributed by atoms with Gasteiger partial charge in [-0.2, -0.15) is 5.10 Å². The molecule has 0 aliphatic carbocycles. The summed E-state index contributed by atoms with van der Waals surface area (Å²) >= 11 is 1.69. The molecule has 14 heavy (non-hydrogen) atoms. The van der Waals surface area contributed by atoms with E-state index in [2.05, 4.69) is 17.0 Å². The quantitative estimate of drug-likeness (QED) is 0.667. The van der Waals surface area contributed by atoms with Crippen LogP contribution in [0.25, 0.3) is 0 Å². The van der Waals surface area contributed by atoms with Crippen LogP contribution in [0.15, 0.2) is 17.8 Å². The summed E-state index contributed by atoms with van der Waals surface area (Å²) in [4.78, 5) is 5.35. The largest absolute Gasteiger partial charge is 0.273 e. The topological polar surface area (TPSA) is 30.7 Å². The Morgan fingerprint density at radius 1 is 1.29 bits per heavy atom. The second-order valence-corrected chi connectivity index (χ2v) is 4.15. The molecule has 2 aromatic heterocycles. The Labute approximate surface area is 88.4 Å². The summed E-state index contributed by atoms with van der Waals surface area (Å²) in [5.41, 5.74) is 4.22. The summed E-state index contributed by atoms with van der Waals surface area (Å²) in [5.74, 6) is 0. The number of hydrogen-bond acceptors (Lipinski definition) is 3. The molecule has 0 aliphatic rings. The average molecular weight is 209 g/mol. The van der Waals surface area contributed by atoms with E-state index in [0.717, 1.165) is 5.69 Å². The van der Waals surface area contributed by atoms with Gasteiger partial charge in [-0.15, -0.1) is 11.3 Å². The molecular weight excluding hydrogens is 194 g/mol. The molecule has 0 unspecified atom stereocenters. The van der Waals surface area contributed by atoms with Crippen LogP contribution >= 0.6 is 11.3 Å². The highest BCUT2D eigenvalue weighted by molar-refractivity contribution is 7.09. The smallest absolute Gasteiger partial charge is 0.0797 e. The molecule has 0 fully saturated rings. The van der Waals surface area contributed by atoms with E-state index in [1.807, 2.05) is 37.2 Å². The molecule has 0 bridgehead atoms. The van der Waals surface area contributed by atoms with Gasteiger partial charge in [0.1, 0.15) is 0 Å². The van der Waals surface area contributed by atoms with E-state index >= 15 is 0 Å². The van der Waals surface area contributed by atoms with Crippen molar-refractivity contribution in [1.29, 1.82) is 0 Å². The first-order chi connectivity index (χ1) is 6.61. The fourth-order valence-corrected chi connectivity index (χ4v) is 1.39. The van der Waals surface area contributed by atoms with E-state index in [1.165, 1.54) is 10.6 Å². The third kappa shape index (κ3) is 2.96. The number of aryl methyl sites for hydroxylation is 4. The van der Waals surface area contributed by atoms with Gasteiger partial charge in [-0.25, -0.2) is 4.98 Å². The maximum Gasteiger partial charge on any atom is 0.0797 e. The summed E-state index contributed by atoms with van der Waals surface area (Å²) in [6.45, 7) is 6.12. The predicted molar refractivity (Wildman–Crippen MR) is 59.5 cm³/mol. The minimum absolute atomic E-state index is 1.16. The lowest BCUT2D eigenvalue weighted by Crippen LogP contribution is -1.90. The maximum atomic E-state index is 4.03. The van der Waals surface area contributed by atoms with E-state index in [9.17, 15) is 0 Å². The fourth-order valence-electron chi connectivity index (χ4n) is 0.801. The van der Waals surface area contributed by atoms with Gasteiger partial charge < -0.3 is 0 Å². The van der Waals surface area contributed by atoms with Crippen LogP contribution in [0.3, 0.4) is 0 Å². The van der Waals surface area contributed by atoms with E-state index in [1.54, 1.807) is 17.5 Å². The van der Waals surface area contributed by atoms with Crippen LogP contribution in [-0.4, -0.2) is 14.8 Å². The van der Waals surface area contributed by atoms with E-state index < -0.39 is 0 Å². The van der Waals surface area contributed by atoms with Crippen molar-refractivity contribution in [2.24, 2.45) is 7.05 Å². The van der Waals surface area contributed by atoms with Crippen molar-refractivity contribution in [1.82, 2.24) is 14.8 Å². The minimum atomic E-state index is 1.16. The first kappa shape index (κ1) is 10.9. The molecule has 0 amide bonds. The molecule has 3 nitrogen and oxygen atoms in total. The van der Waals surface area contributed by atoms with Crippen LogP contribution in [0.5, 0.6) is 0 Å². The molecule has 0 atom stereocenters. The van der Waals surface area contributed by atoms with Gasteiger partial charge in [0.25, 0.3) is 0 Å². The normalized spacial score (nSPS) is 9.43. The summed E-state index contributed by atoms with van der Waals surface area (Å²) in [7, 11) is 1.93. The molecule has 0 aliphatic heterocycles. The van der Waals surface area contributed by atoms with Crippen molar-refractivity contribution >= 4 is 11.3 Å². The first-order valence-corrected chi connectivity index (χ1v) is 5.30. The maximum absolute atomic E-state index is 4.03. The highest BCUT2D eigenvalue weighted by atomic mass is 32.1. The number of rotatable bonds is 0. The van der Waals surface area contributed by atoms with Gasteiger partial charge in [-0.05, 0) is 26.8 Å². The molecule has 0 saturated carbocycles. The van der Waals surface area contributed by atoms with Crippen molar-refractivity contribution in [2.45, 2.75) is 20.8 Å². The van der Waals surface area contributed by atoms with Crippen LogP contribution in [-0.2, 0) is 7.05 Å². The molecular formula is C10H15N3S. The molecule has 4 heteroatoms. The minimum Gasteiger partial charge on any atom is -0.273 e. The Hall–Kier alpha value is -1.16. The number of hydrogen-bond donors (Lipinski definition) is 0. The van der Waals surface area contributed by atoms with Crippen molar-refractivity contribution in [2.75, 3.05) is 0 Å². The lowest BCUT2D eigenvalue weighted by atomic mass is 10.4. The van der Waals surface area contributed by atoms with Crippen molar-refractivity contribution in [3.05, 3.63) is 34.0 Å².